The highest BCUT2D eigenvalue weighted by atomic mass is 19.1. The number of halogens is 1. The predicted molar refractivity (Wildman–Crippen MR) is 112 cm³/mol. The lowest BCUT2D eigenvalue weighted by molar-refractivity contribution is -0.115. The molecule has 7 heteroatoms. The molecular formula is C22H25FN4O2. The van der Waals surface area contributed by atoms with Gasteiger partial charge in [-0.1, -0.05) is 37.3 Å². The minimum Gasteiger partial charge on any atom is -0.391 e. The maximum atomic E-state index is 14.2. The van der Waals surface area contributed by atoms with Crippen molar-refractivity contribution in [3.05, 3.63) is 72.2 Å². The number of aryl methyl sites for hydroxylation is 1. The van der Waals surface area contributed by atoms with Crippen LogP contribution in [0.4, 0.5) is 15.9 Å². The van der Waals surface area contributed by atoms with Crippen LogP contribution < -0.4 is 10.2 Å². The summed E-state index contributed by atoms with van der Waals surface area (Å²) in [6.45, 7) is 4.05. The maximum Gasteiger partial charge on any atom is 0.245 e. The van der Waals surface area contributed by atoms with Crippen molar-refractivity contribution in [1.29, 1.82) is 0 Å². The topological polar surface area (TPSA) is 70.4 Å². The Hall–Kier alpha value is -3.19. The number of nitrogens with one attached hydrogen (secondary N) is 1. The largest absolute Gasteiger partial charge is 0.391 e. The van der Waals surface area contributed by atoms with Crippen molar-refractivity contribution in [2.45, 2.75) is 26.4 Å². The Morgan fingerprint density at radius 1 is 1.21 bits per heavy atom. The van der Waals surface area contributed by atoms with Gasteiger partial charge >= 0.3 is 0 Å². The van der Waals surface area contributed by atoms with Gasteiger partial charge in [-0.05, 0) is 37.6 Å². The van der Waals surface area contributed by atoms with Crippen LogP contribution in [0.3, 0.4) is 0 Å². The fourth-order valence-corrected chi connectivity index (χ4v) is 3.03. The van der Waals surface area contributed by atoms with E-state index in [-0.39, 0.29) is 18.1 Å². The van der Waals surface area contributed by atoms with Crippen molar-refractivity contribution in [3.8, 4) is 5.69 Å². The molecule has 0 aliphatic carbocycles. The van der Waals surface area contributed by atoms with Crippen molar-refractivity contribution in [2.75, 3.05) is 23.3 Å². The first-order valence-electron chi connectivity index (χ1n) is 9.57. The first-order valence-corrected chi connectivity index (χ1v) is 9.57. The number of carbonyl (C=O) groups is 1. The molecule has 6 nitrogen and oxygen atoms in total. The second-order valence-corrected chi connectivity index (χ2v) is 6.86. The Kier molecular flexibility index (Phi) is 6.61. The Balaban J connectivity index is 1.80. The third-order valence-electron chi connectivity index (χ3n) is 4.54. The summed E-state index contributed by atoms with van der Waals surface area (Å²) in [6, 6.07) is 17.4. The van der Waals surface area contributed by atoms with Crippen molar-refractivity contribution in [3.63, 3.8) is 0 Å². The Bertz CT molecular complexity index is 958. The summed E-state index contributed by atoms with van der Waals surface area (Å²) < 4.78 is 15.6. The number of amides is 1. The van der Waals surface area contributed by atoms with Gasteiger partial charge in [0.2, 0.25) is 5.91 Å². The number of aromatic nitrogens is 2. The molecule has 0 fully saturated rings. The number of hydrogen-bond acceptors (Lipinski definition) is 4. The van der Waals surface area contributed by atoms with E-state index in [4.69, 9.17) is 0 Å². The summed E-state index contributed by atoms with van der Waals surface area (Å²) in [5.41, 5.74) is 1.76. The molecule has 0 saturated heterocycles. The summed E-state index contributed by atoms with van der Waals surface area (Å²) in [5.74, 6) is -0.320. The Morgan fingerprint density at radius 3 is 2.59 bits per heavy atom. The number of para-hydroxylation sites is 2. The number of benzene rings is 2. The molecule has 0 spiro atoms. The smallest absolute Gasteiger partial charge is 0.245 e. The zero-order valence-corrected chi connectivity index (χ0v) is 16.5. The van der Waals surface area contributed by atoms with E-state index in [1.165, 1.54) is 10.7 Å². The van der Waals surface area contributed by atoms with Gasteiger partial charge in [-0.3, -0.25) is 4.79 Å². The number of carbonyl (C=O) groups excluding carboxylic acids is 1. The average molecular weight is 396 g/mol. The normalized spacial score (nSPS) is 11.9. The highest BCUT2D eigenvalue weighted by Gasteiger charge is 2.18. The van der Waals surface area contributed by atoms with E-state index in [1.54, 1.807) is 31.2 Å². The van der Waals surface area contributed by atoms with Crippen LogP contribution >= 0.6 is 0 Å². The summed E-state index contributed by atoms with van der Waals surface area (Å²) in [4.78, 5) is 14.6. The first kappa shape index (κ1) is 20.5. The molecular weight excluding hydrogens is 371 g/mol. The highest BCUT2D eigenvalue weighted by molar-refractivity contribution is 5.93. The molecule has 1 heterocycles. The van der Waals surface area contributed by atoms with Crippen LogP contribution in [0.25, 0.3) is 5.69 Å². The number of rotatable bonds is 8. The maximum absolute atomic E-state index is 14.2. The second-order valence-electron chi connectivity index (χ2n) is 6.86. The molecule has 152 valence electrons. The monoisotopic (exact) mass is 396 g/mol. The van der Waals surface area contributed by atoms with Crippen LogP contribution in [0.15, 0.2) is 60.7 Å². The van der Waals surface area contributed by atoms with Crippen molar-refractivity contribution < 1.29 is 14.3 Å². The highest BCUT2D eigenvalue weighted by Crippen LogP contribution is 2.20. The summed E-state index contributed by atoms with van der Waals surface area (Å²) in [7, 11) is 0. The lowest BCUT2D eigenvalue weighted by Crippen LogP contribution is -2.38. The van der Waals surface area contributed by atoms with Gasteiger partial charge in [-0.2, -0.15) is 5.10 Å². The fraction of sp³-hybridized carbons (Fsp3) is 0.273. The van der Waals surface area contributed by atoms with E-state index in [1.807, 2.05) is 42.2 Å². The van der Waals surface area contributed by atoms with Crippen LogP contribution in [0.5, 0.6) is 0 Å². The van der Waals surface area contributed by atoms with Crippen LogP contribution in [0.1, 0.15) is 19.0 Å². The molecule has 0 aliphatic heterocycles. The van der Waals surface area contributed by atoms with Crippen molar-refractivity contribution in [1.82, 2.24) is 9.78 Å². The number of aliphatic hydroxyl groups excluding tert-OH is 1. The molecule has 0 bridgehead atoms. The molecule has 2 aromatic carbocycles. The van der Waals surface area contributed by atoms with Gasteiger partial charge in [0.1, 0.15) is 17.3 Å². The summed E-state index contributed by atoms with van der Waals surface area (Å²) in [6.07, 6.45) is 0.0405. The molecule has 0 aliphatic rings. The minimum absolute atomic E-state index is 0.0442. The molecule has 0 saturated carbocycles. The van der Waals surface area contributed by atoms with Crippen LogP contribution in [0, 0.1) is 12.7 Å². The quantitative estimate of drug-likeness (QED) is 0.611. The lowest BCUT2D eigenvalue weighted by Gasteiger charge is -2.26. The SMILES string of the molecule is CCC(O)CN(CC(=O)Nc1cc(C)nn1-c1ccccc1F)c1ccccc1. The molecule has 2 N–H and O–H groups in total. The zero-order valence-electron chi connectivity index (χ0n) is 16.5. The molecule has 3 aromatic rings. The lowest BCUT2D eigenvalue weighted by atomic mass is 10.2. The van der Waals surface area contributed by atoms with Crippen LogP contribution in [-0.4, -0.2) is 40.0 Å². The standard InChI is InChI=1S/C22H25FN4O2/c1-3-18(28)14-26(17-9-5-4-6-10-17)15-22(29)24-21-13-16(2)25-27(21)20-12-8-7-11-19(20)23/h4-13,18,28H,3,14-15H2,1-2H3,(H,24,29). The number of hydrogen-bond donors (Lipinski definition) is 2. The molecule has 29 heavy (non-hydrogen) atoms. The summed E-state index contributed by atoms with van der Waals surface area (Å²) >= 11 is 0. The van der Waals surface area contributed by atoms with Crippen molar-refractivity contribution in [2.24, 2.45) is 0 Å². The average Bonchev–Trinajstić information content (AvgIpc) is 3.08. The first-order chi connectivity index (χ1) is 14.0. The predicted octanol–water partition coefficient (Wildman–Crippen LogP) is 3.54. The van der Waals surface area contributed by atoms with Gasteiger partial charge in [0.15, 0.2) is 0 Å². The second kappa shape index (κ2) is 9.34. The molecule has 1 aromatic heterocycles. The van der Waals surface area contributed by atoms with Gasteiger partial charge in [0, 0.05) is 18.3 Å². The number of anilines is 2. The van der Waals surface area contributed by atoms with Crippen molar-refractivity contribution >= 4 is 17.4 Å². The Morgan fingerprint density at radius 2 is 1.90 bits per heavy atom. The molecule has 0 radical (unpaired) electrons. The van der Waals surface area contributed by atoms with Gasteiger partial charge in [-0.15, -0.1) is 0 Å². The van der Waals surface area contributed by atoms with Gasteiger partial charge in [-0.25, -0.2) is 9.07 Å². The van der Waals surface area contributed by atoms with Gasteiger partial charge in [0.05, 0.1) is 18.3 Å². The van der Waals surface area contributed by atoms with E-state index in [9.17, 15) is 14.3 Å². The molecule has 3 rings (SSSR count). The molecule has 1 unspecified atom stereocenters. The van der Waals surface area contributed by atoms with E-state index >= 15 is 0 Å². The Labute approximate surface area is 169 Å². The fourth-order valence-electron chi connectivity index (χ4n) is 3.03. The number of nitrogens with zero attached hydrogens (tertiary/aromatic N) is 3. The van der Waals surface area contributed by atoms with Gasteiger partial charge < -0.3 is 15.3 Å². The third kappa shape index (κ3) is 5.20. The molecule has 1 atom stereocenters. The third-order valence-corrected chi connectivity index (χ3v) is 4.54. The summed E-state index contributed by atoms with van der Waals surface area (Å²) in [5, 5.41) is 17.2. The van der Waals surface area contributed by atoms with Crippen LogP contribution in [-0.2, 0) is 4.79 Å². The van der Waals surface area contributed by atoms with Crippen LogP contribution in [0.2, 0.25) is 0 Å². The van der Waals surface area contributed by atoms with E-state index in [0.717, 1.165) is 5.69 Å². The van der Waals surface area contributed by atoms with E-state index in [0.29, 0.717) is 24.5 Å². The van der Waals surface area contributed by atoms with E-state index in [2.05, 4.69) is 10.4 Å². The minimum atomic E-state index is -0.547. The number of aliphatic hydroxyl groups is 1. The van der Waals surface area contributed by atoms with E-state index < -0.39 is 11.9 Å². The molecule has 1 amide bonds. The van der Waals surface area contributed by atoms with Gasteiger partial charge in [0.25, 0.3) is 0 Å². The zero-order chi connectivity index (χ0) is 20.8.